The number of aryl methyl sites for hydroxylation is 2. The maximum atomic E-state index is 5.51. The first-order chi connectivity index (χ1) is 14.1. The van der Waals surface area contributed by atoms with Crippen LogP contribution in [-0.2, 0) is 11.8 Å². The van der Waals surface area contributed by atoms with Crippen LogP contribution in [0.5, 0.6) is 0 Å². The number of aromatic nitrogens is 3. The van der Waals surface area contributed by atoms with Crippen molar-refractivity contribution in [3.8, 4) is 11.1 Å². The largest absolute Gasteiger partial charge is 0.381 e. The highest BCUT2D eigenvalue weighted by Crippen LogP contribution is 2.39. The van der Waals surface area contributed by atoms with Gasteiger partial charge in [0.2, 0.25) is 0 Å². The number of hydrogen-bond donors (Lipinski definition) is 1. The smallest absolute Gasteiger partial charge is 0.126 e. The number of fused-ring (bicyclic) bond motifs is 1. The van der Waals surface area contributed by atoms with Crippen LogP contribution in [0.15, 0.2) is 24.5 Å². The van der Waals surface area contributed by atoms with Crippen molar-refractivity contribution >= 4 is 5.82 Å². The molecule has 3 aliphatic rings. The lowest BCUT2D eigenvalue weighted by Crippen LogP contribution is -2.32. The molecule has 4 heterocycles. The molecule has 6 nitrogen and oxygen atoms in total. The lowest BCUT2D eigenvalue weighted by atomic mass is 10.00. The van der Waals surface area contributed by atoms with Gasteiger partial charge in [-0.3, -0.25) is 4.68 Å². The number of nitrogens with one attached hydrogen (secondary N) is 1. The van der Waals surface area contributed by atoms with Gasteiger partial charge in [-0.25, -0.2) is 4.98 Å². The number of hydrogen-bond acceptors (Lipinski definition) is 5. The van der Waals surface area contributed by atoms with Crippen molar-refractivity contribution < 1.29 is 4.74 Å². The van der Waals surface area contributed by atoms with Crippen molar-refractivity contribution in [1.29, 1.82) is 0 Å². The van der Waals surface area contributed by atoms with E-state index in [0.29, 0.717) is 6.04 Å². The van der Waals surface area contributed by atoms with Crippen LogP contribution in [0.1, 0.15) is 31.4 Å². The number of anilines is 1. The van der Waals surface area contributed by atoms with E-state index < -0.39 is 0 Å². The van der Waals surface area contributed by atoms with E-state index in [4.69, 9.17) is 4.74 Å². The van der Waals surface area contributed by atoms with Gasteiger partial charge >= 0.3 is 0 Å². The third-order valence-corrected chi connectivity index (χ3v) is 7.12. The summed E-state index contributed by atoms with van der Waals surface area (Å²) in [6.45, 7) is 7.82. The fourth-order valence-corrected chi connectivity index (χ4v) is 5.69. The molecule has 3 fully saturated rings. The molecule has 0 amide bonds. The first-order valence-electron chi connectivity index (χ1n) is 11.2. The van der Waals surface area contributed by atoms with E-state index in [-0.39, 0.29) is 0 Å². The number of rotatable bonds is 5. The molecule has 2 unspecified atom stereocenters. The molecule has 0 bridgehead atoms. The summed E-state index contributed by atoms with van der Waals surface area (Å²) < 4.78 is 7.37. The lowest BCUT2D eigenvalue weighted by Gasteiger charge is -2.27. The Kier molecular flexibility index (Phi) is 5.31. The molecule has 1 saturated carbocycles. The molecule has 156 valence electrons. The summed E-state index contributed by atoms with van der Waals surface area (Å²) >= 11 is 0. The fraction of sp³-hybridized carbons (Fsp3) is 0.652. The lowest BCUT2D eigenvalue weighted by molar-refractivity contribution is 0.0545. The molecule has 2 aromatic rings. The van der Waals surface area contributed by atoms with Gasteiger partial charge in [0.25, 0.3) is 0 Å². The number of ether oxygens (including phenoxy) is 1. The van der Waals surface area contributed by atoms with Crippen molar-refractivity contribution in [2.24, 2.45) is 24.8 Å². The van der Waals surface area contributed by atoms with E-state index >= 15 is 0 Å². The Balaban J connectivity index is 1.13. The van der Waals surface area contributed by atoms with Crippen molar-refractivity contribution in [2.75, 3.05) is 38.2 Å². The third-order valence-electron chi connectivity index (χ3n) is 7.12. The van der Waals surface area contributed by atoms with E-state index in [1.54, 1.807) is 0 Å². The Bertz CT molecular complexity index is 812. The van der Waals surface area contributed by atoms with E-state index in [2.05, 4.69) is 38.6 Å². The first kappa shape index (κ1) is 19.1. The molecule has 3 atom stereocenters. The Morgan fingerprint density at radius 2 is 1.90 bits per heavy atom. The van der Waals surface area contributed by atoms with Gasteiger partial charge in [-0.1, -0.05) is 0 Å². The minimum absolute atomic E-state index is 0.564. The van der Waals surface area contributed by atoms with Gasteiger partial charge in [-0.05, 0) is 62.5 Å². The topological polar surface area (TPSA) is 55.2 Å². The van der Waals surface area contributed by atoms with Crippen molar-refractivity contribution in [2.45, 2.75) is 38.6 Å². The molecular formula is C23H33N5O. The highest BCUT2D eigenvalue weighted by molar-refractivity contribution is 5.65. The molecule has 0 aromatic carbocycles. The SMILES string of the molecule is Cc1nn(C)cc1-c1ccc(NC2CC3CN(CC4CCOCC4)C[C@H]3C2)nc1. The normalized spacial score (nSPS) is 28.0. The third kappa shape index (κ3) is 4.19. The van der Waals surface area contributed by atoms with Crippen LogP contribution < -0.4 is 5.32 Å². The quantitative estimate of drug-likeness (QED) is 0.842. The van der Waals surface area contributed by atoms with Gasteiger partial charge in [-0.15, -0.1) is 0 Å². The molecule has 0 radical (unpaired) electrons. The molecule has 0 spiro atoms. The zero-order valence-corrected chi connectivity index (χ0v) is 17.7. The van der Waals surface area contributed by atoms with Crippen LogP contribution in [0.3, 0.4) is 0 Å². The highest BCUT2D eigenvalue weighted by atomic mass is 16.5. The molecule has 2 saturated heterocycles. The van der Waals surface area contributed by atoms with Gasteiger partial charge in [0, 0.05) is 69.5 Å². The minimum Gasteiger partial charge on any atom is -0.381 e. The van der Waals surface area contributed by atoms with Gasteiger partial charge in [0.15, 0.2) is 0 Å². The summed E-state index contributed by atoms with van der Waals surface area (Å²) in [6, 6.07) is 4.84. The van der Waals surface area contributed by atoms with Crippen LogP contribution in [-0.4, -0.2) is 58.6 Å². The summed E-state index contributed by atoms with van der Waals surface area (Å²) in [4.78, 5) is 7.41. The minimum atomic E-state index is 0.564. The second-order valence-electron chi connectivity index (χ2n) is 9.34. The predicted octanol–water partition coefficient (Wildman–Crippen LogP) is 3.34. The molecule has 5 rings (SSSR count). The average Bonchev–Trinajstić information content (AvgIpc) is 3.36. The summed E-state index contributed by atoms with van der Waals surface area (Å²) in [5.74, 6) is 3.55. The zero-order chi connectivity index (χ0) is 19.8. The second-order valence-corrected chi connectivity index (χ2v) is 9.34. The van der Waals surface area contributed by atoms with E-state index in [9.17, 15) is 0 Å². The predicted molar refractivity (Wildman–Crippen MR) is 115 cm³/mol. The van der Waals surface area contributed by atoms with Gasteiger partial charge in [-0.2, -0.15) is 5.10 Å². The van der Waals surface area contributed by atoms with Crippen molar-refractivity contribution in [1.82, 2.24) is 19.7 Å². The molecule has 6 heteroatoms. The molecule has 2 aliphatic heterocycles. The summed E-state index contributed by atoms with van der Waals surface area (Å²) in [6.07, 6.45) is 9.08. The Morgan fingerprint density at radius 3 is 2.52 bits per heavy atom. The highest BCUT2D eigenvalue weighted by Gasteiger charge is 2.41. The molecule has 29 heavy (non-hydrogen) atoms. The summed E-state index contributed by atoms with van der Waals surface area (Å²) in [5, 5.41) is 8.13. The maximum Gasteiger partial charge on any atom is 0.126 e. The number of pyridine rings is 1. The number of likely N-dealkylation sites (tertiary alicyclic amines) is 1. The van der Waals surface area contributed by atoms with Crippen LogP contribution in [0.25, 0.3) is 11.1 Å². The molecule has 1 N–H and O–H groups in total. The molecule has 2 aromatic heterocycles. The maximum absolute atomic E-state index is 5.51. The van der Waals surface area contributed by atoms with E-state index in [1.165, 1.54) is 45.3 Å². The standard InChI is InChI=1S/C23H33N5O/c1-16-22(15-27(2)26-16)18-3-4-23(24-11-18)25-21-9-19-13-28(14-20(19)10-21)12-17-5-7-29-8-6-17/h3-4,11,15,17,19-21H,5-10,12-14H2,1-2H3,(H,24,25)/t19-,20?,21?/m1/s1. The molecular weight excluding hydrogens is 362 g/mol. The number of nitrogens with zero attached hydrogens (tertiary/aromatic N) is 4. The summed E-state index contributed by atoms with van der Waals surface area (Å²) in [7, 11) is 1.96. The van der Waals surface area contributed by atoms with Gasteiger partial charge < -0.3 is 15.0 Å². The Morgan fingerprint density at radius 1 is 1.14 bits per heavy atom. The van der Waals surface area contributed by atoms with E-state index in [1.807, 2.05) is 24.9 Å². The average molecular weight is 396 g/mol. The van der Waals surface area contributed by atoms with E-state index in [0.717, 1.165) is 53.6 Å². The zero-order valence-electron chi connectivity index (χ0n) is 17.7. The first-order valence-corrected chi connectivity index (χ1v) is 11.2. The summed E-state index contributed by atoms with van der Waals surface area (Å²) in [5.41, 5.74) is 3.34. The Labute approximate surface area is 173 Å². The van der Waals surface area contributed by atoms with Crippen LogP contribution in [0.4, 0.5) is 5.82 Å². The van der Waals surface area contributed by atoms with Crippen molar-refractivity contribution in [3.63, 3.8) is 0 Å². The van der Waals surface area contributed by atoms with Gasteiger partial charge in [0.1, 0.15) is 5.82 Å². The second kappa shape index (κ2) is 8.07. The van der Waals surface area contributed by atoms with Crippen LogP contribution in [0, 0.1) is 24.7 Å². The van der Waals surface area contributed by atoms with Gasteiger partial charge in [0.05, 0.1) is 5.69 Å². The fourth-order valence-electron chi connectivity index (χ4n) is 5.69. The monoisotopic (exact) mass is 395 g/mol. The molecule has 1 aliphatic carbocycles. The van der Waals surface area contributed by atoms with Crippen LogP contribution in [0.2, 0.25) is 0 Å². The van der Waals surface area contributed by atoms with Crippen LogP contribution >= 0.6 is 0 Å². The Hall–Kier alpha value is -1.92. The van der Waals surface area contributed by atoms with Crippen molar-refractivity contribution in [3.05, 3.63) is 30.2 Å².